The summed E-state index contributed by atoms with van der Waals surface area (Å²) in [4.78, 5) is 14.2. The Morgan fingerprint density at radius 3 is 2.38 bits per heavy atom. The lowest BCUT2D eigenvalue weighted by atomic mass is 9.93. The Morgan fingerprint density at radius 1 is 1.08 bits per heavy atom. The van der Waals surface area contributed by atoms with E-state index in [-0.39, 0.29) is 5.92 Å². The molecule has 1 aliphatic heterocycles. The van der Waals surface area contributed by atoms with Crippen LogP contribution in [0.15, 0.2) is 54.6 Å². The standard InChI is InChI=1S/C18H20N2O3S/c1-19(2)24(22,23)13-18(21)20-12-16(14-8-4-3-5-9-14)15-10-6-7-11-17(15)20/h3-11,16H,12-13H2,1-2H3. The summed E-state index contributed by atoms with van der Waals surface area (Å²) in [5.41, 5.74) is 2.97. The van der Waals surface area contributed by atoms with Crippen molar-refractivity contribution in [3.05, 3.63) is 65.7 Å². The molecule has 5 nitrogen and oxygen atoms in total. The van der Waals surface area contributed by atoms with Gasteiger partial charge >= 0.3 is 0 Å². The van der Waals surface area contributed by atoms with Crippen LogP contribution in [-0.4, -0.2) is 45.0 Å². The van der Waals surface area contributed by atoms with Crippen molar-refractivity contribution < 1.29 is 13.2 Å². The molecule has 1 unspecified atom stereocenters. The molecule has 0 bridgehead atoms. The lowest BCUT2D eigenvalue weighted by Crippen LogP contribution is -2.38. The van der Waals surface area contributed by atoms with Gasteiger partial charge in [0.2, 0.25) is 15.9 Å². The number of rotatable bonds is 4. The maximum absolute atomic E-state index is 12.6. The van der Waals surface area contributed by atoms with Gasteiger partial charge in [0.25, 0.3) is 0 Å². The number of carbonyl (C=O) groups is 1. The van der Waals surface area contributed by atoms with Gasteiger partial charge in [-0.3, -0.25) is 4.79 Å². The van der Waals surface area contributed by atoms with Crippen molar-refractivity contribution in [3.8, 4) is 0 Å². The molecule has 0 aliphatic carbocycles. The van der Waals surface area contributed by atoms with Gasteiger partial charge in [-0.05, 0) is 17.2 Å². The fourth-order valence-corrected chi connectivity index (χ4v) is 3.70. The minimum Gasteiger partial charge on any atom is -0.310 e. The molecule has 126 valence electrons. The van der Waals surface area contributed by atoms with E-state index in [0.717, 1.165) is 21.1 Å². The Labute approximate surface area is 142 Å². The SMILES string of the molecule is CN(C)S(=O)(=O)CC(=O)N1CC(c2ccccc2)c2ccccc21. The minimum atomic E-state index is -3.58. The first-order chi connectivity index (χ1) is 11.4. The summed E-state index contributed by atoms with van der Waals surface area (Å²) in [6.07, 6.45) is 0. The van der Waals surface area contributed by atoms with Crippen molar-refractivity contribution in [2.45, 2.75) is 5.92 Å². The van der Waals surface area contributed by atoms with Crippen LogP contribution in [0.2, 0.25) is 0 Å². The molecule has 0 spiro atoms. The molecule has 24 heavy (non-hydrogen) atoms. The second kappa shape index (κ2) is 6.37. The Kier molecular flexibility index (Phi) is 4.43. The van der Waals surface area contributed by atoms with Gasteiger partial charge in [-0.2, -0.15) is 0 Å². The van der Waals surface area contributed by atoms with Gasteiger partial charge in [-0.1, -0.05) is 48.5 Å². The van der Waals surface area contributed by atoms with Crippen LogP contribution in [-0.2, 0) is 14.8 Å². The molecule has 1 atom stereocenters. The van der Waals surface area contributed by atoms with Gasteiger partial charge in [0.05, 0.1) is 0 Å². The van der Waals surface area contributed by atoms with E-state index >= 15 is 0 Å². The zero-order valence-electron chi connectivity index (χ0n) is 13.7. The van der Waals surface area contributed by atoms with Gasteiger partial charge in [-0.25, -0.2) is 12.7 Å². The maximum atomic E-state index is 12.6. The number of hydrogen-bond acceptors (Lipinski definition) is 3. The Balaban J connectivity index is 1.93. The van der Waals surface area contributed by atoms with Gasteiger partial charge in [0.15, 0.2) is 0 Å². The highest BCUT2D eigenvalue weighted by Crippen LogP contribution is 2.40. The first-order valence-electron chi connectivity index (χ1n) is 7.74. The fourth-order valence-electron chi connectivity index (χ4n) is 2.98. The summed E-state index contributed by atoms with van der Waals surface area (Å²) in [6, 6.07) is 17.7. The van der Waals surface area contributed by atoms with Crippen molar-refractivity contribution in [2.75, 3.05) is 31.3 Å². The molecule has 0 aromatic heterocycles. The lowest BCUT2D eigenvalue weighted by Gasteiger charge is -2.19. The largest absolute Gasteiger partial charge is 0.310 e. The third-order valence-electron chi connectivity index (χ3n) is 4.33. The molecule has 2 aromatic rings. The summed E-state index contributed by atoms with van der Waals surface area (Å²) >= 11 is 0. The third kappa shape index (κ3) is 3.07. The van der Waals surface area contributed by atoms with E-state index in [9.17, 15) is 13.2 Å². The normalized spacial score (nSPS) is 17.1. The van der Waals surface area contributed by atoms with Crippen LogP contribution < -0.4 is 4.90 Å². The molecule has 1 amide bonds. The number of fused-ring (bicyclic) bond motifs is 1. The van der Waals surface area contributed by atoms with Crippen LogP contribution in [0.3, 0.4) is 0 Å². The summed E-state index contributed by atoms with van der Waals surface area (Å²) in [7, 11) is -0.702. The van der Waals surface area contributed by atoms with Gasteiger partial charge < -0.3 is 4.90 Å². The highest BCUT2D eigenvalue weighted by Gasteiger charge is 2.34. The van der Waals surface area contributed by atoms with Crippen molar-refractivity contribution in [1.82, 2.24) is 4.31 Å². The molecule has 0 N–H and O–H groups in total. The molecule has 2 aromatic carbocycles. The molecule has 0 radical (unpaired) electrons. The van der Waals surface area contributed by atoms with Gasteiger partial charge in [0.1, 0.15) is 5.75 Å². The number of anilines is 1. The van der Waals surface area contributed by atoms with E-state index in [1.165, 1.54) is 14.1 Å². The number of para-hydroxylation sites is 1. The van der Waals surface area contributed by atoms with Crippen molar-refractivity contribution >= 4 is 21.6 Å². The van der Waals surface area contributed by atoms with E-state index in [1.54, 1.807) is 4.90 Å². The topological polar surface area (TPSA) is 57.7 Å². The number of sulfonamides is 1. The predicted octanol–water partition coefficient (Wildman–Crippen LogP) is 2.06. The number of nitrogens with zero attached hydrogens (tertiary/aromatic N) is 2. The molecule has 0 saturated carbocycles. The van der Waals surface area contributed by atoms with Crippen molar-refractivity contribution in [1.29, 1.82) is 0 Å². The second-order valence-electron chi connectivity index (χ2n) is 6.07. The Hall–Kier alpha value is -2.18. The monoisotopic (exact) mass is 344 g/mol. The molecule has 1 heterocycles. The molecule has 0 fully saturated rings. The zero-order chi connectivity index (χ0) is 17.3. The zero-order valence-corrected chi connectivity index (χ0v) is 14.5. The van der Waals surface area contributed by atoms with Crippen LogP contribution >= 0.6 is 0 Å². The number of hydrogen-bond donors (Lipinski definition) is 0. The first kappa shape index (κ1) is 16.7. The molecule has 3 rings (SSSR count). The number of carbonyl (C=O) groups excluding carboxylic acids is 1. The van der Waals surface area contributed by atoms with E-state index in [0.29, 0.717) is 6.54 Å². The van der Waals surface area contributed by atoms with Gasteiger partial charge in [0, 0.05) is 32.2 Å². The highest BCUT2D eigenvalue weighted by atomic mass is 32.2. The lowest BCUT2D eigenvalue weighted by molar-refractivity contribution is -0.116. The Morgan fingerprint density at radius 2 is 1.71 bits per heavy atom. The first-order valence-corrected chi connectivity index (χ1v) is 9.35. The predicted molar refractivity (Wildman–Crippen MR) is 94.6 cm³/mol. The molecule has 6 heteroatoms. The molecule has 1 aliphatic rings. The summed E-state index contributed by atoms with van der Waals surface area (Å²) in [5.74, 6) is -0.849. The molecular weight excluding hydrogens is 324 g/mol. The minimum absolute atomic E-state index is 0.0633. The third-order valence-corrected chi connectivity index (χ3v) is 6.06. The van der Waals surface area contributed by atoms with Crippen LogP contribution in [0.5, 0.6) is 0 Å². The number of benzene rings is 2. The summed E-state index contributed by atoms with van der Waals surface area (Å²) < 4.78 is 25.2. The highest BCUT2D eigenvalue weighted by molar-refractivity contribution is 7.89. The average Bonchev–Trinajstić information content (AvgIpc) is 2.95. The quantitative estimate of drug-likeness (QED) is 0.853. The smallest absolute Gasteiger partial charge is 0.243 e. The van der Waals surface area contributed by atoms with Crippen molar-refractivity contribution in [3.63, 3.8) is 0 Å². The Bertz CT molecular complexity index is 848. The molecule has 0 saturated heterocycles. The maximum Gasteiger partial charge on any atom is 0.243 e. The average molecular weight is 344 g/mol. The summed E-state index contributed by atoms with van der Waals surface area (Å²) in [5, 5.41) is 0. The van der Waals surface area contributed by atoms with Crippen LogP contribution in [0.1, 0.15) is 17.0 Å². The van der Waals surface area contributed by atoms with Crippen LogP contribution in [0, 0.1) is 0 Å². The van der Waals surface area contributed by atoms with Gasteiger partial charge in [-0.15, -0.1) is 0 Å². The van der Waals surface area contributed by atoms with Crippen molar-refractivity contribution in [2.24, 2.45) is 0 Å². The van der Waals surface area contributed by atoms with E-state index in [4.69, 9.17) is 0 Å². The number of amides is 1. The van der Waals surface area contributed by atoms with Crippen LogP contribution in [0.25, 0.3) is 0 Å². The second-order valence-corrected chi connectivity index (χ2v) is 8.25. The van der Waals surface area contributed by atoms with E-state index in [2.05, 4.69) is 0 Å². The summed E-state index contributed by atoms with van der Waals surface area (Å²) in [6.45, 7) is 0.463. The molecular formula is C18H20N2O3S. The van der Waals surface area contributed by atoms with Crippen LogP contribution in [0.4, 0.5) is 5.69 Å². The fraction of sp³-hybridized carbons (Fsp3) is 0.278. The van der Waals surface area contributed by atoms with E-state index < -0.39 is 21.7 Å². The van der Waals surface area contributed by atoms with E-state index in [1.807, 2.05) is 54.6 Å².